The van der Waals surface area contributed by atoms with Crippen molar-refractivity contribution in [1.29, 1.82) is 0 Å². The van der Waals surface area contributed by atoms with Gasteiger partial charge in [0.15, 0.2) is 5.76 Å². The molecule has 0 aliphatic heterocycles. The summed E-state index contributed by atoms with van der Waals surface area (Å²) in [5.74, 6) is -0.744. The molecule has 2 amide bonds. The fraction of sp³-hybridized carbons (Fsp3) is 0. The van der Waals surface area contributed by atoms with Crippen molar-refractivity contribution in [1.82, 2.24) is 5.43 Å². The van der Waals surface area contributed by atoms with Gasteiger partial charge in [-0.1, -0.05) is 35.9 Å². The van der Waals surface area contributed by atoms with E-state index in [1.165, 1.54) is 18.5 Å². The van der Waals surface area contributed by atoms with Gasteiger partial charge in [0.05, 0.1) is 23.7 Å². The summed E-state index contributed by atoms with van der Waals surface area (Å²) >= 11 is 5.82. The van der Waals surface area contributed by atoms with Gasteiger partial charge in [-0.15, -0.1) is 0 Å². The molecule has 0 radical (unpaired) electrons. The third kappa shape index (κ3) is 4.37. The molecule has 3 aromatic rings. The van der Waals surface area contributed by atoms with Crippen LogP contribution < -0.4 is 10.7 Å². The minimum Gasteiger partial charge on any atom is -0.459 e. The van der Waals surface area contributed by atoms with Gasteiger partial charge in [0.25, 0.3) is 11.8 Å². The van der Waals surface area contributed by atoms with Crippen LogP contribution in [0.15, 0.2) is 76.4 Å². The number of nitrogens with zero attached hydrogens (tertiary/aromatic N) is 1. The van der Waals surface area contributed by atoms with Crippen LogP contribution in [0.25, 0.3) is 0 Å². The van der Waals surface area contributed by atoms with Crippen LogP contribution in [0.5, 0.6) is 0 Å². The number of anilines is 1. The summed E-state index contributed by atoms with van der Waals surface area (Å²) in [5.41, 5.74) is 3.85. The van der Waals surface area contributed by atoms with E-state index in [0.29, 0.717) is 10.7 Å². The molecule has 1 aromatic heterocycles. The van der Waals surface area contributed by atoms with E-state index in [9.17, 15) is 9.59 Å². The first-order valence-electron chi connectivity index (χ1n) is 7.66. The van der Waals surface area contributed by atoms with Gasteiger partial charge in [0.2, 0.25) is 0 Å². The standard InChI is InChI=1S/C19H14ClN3O3/c20-14-9-7-13(8-10-14)12-21-23-18(24)15-4-1-2-5-16(15)22-19(25)17-6-3-11-26-17/h1-12H,(H,22,25)(H,23,24)/b21-12-. The number of para-hydroxylation sites is 1. The summed E-state index contributed by atoms with van der Waals surface area (Å²) in [5, 5.41) is 7.18. The second-order valence-corrected chi connectivity index (χ2v) is 5.66. The third-order valence-corrected chi connectivity index (χ3v) is 3.67. The van der Waals surface area contributed by atoms with Crippen molar-refractivity contribution in [2.75, 3.05) is 5.32 Å². The summed E-state index contributed by atoms with van der Waals surface area (Å²) in [6.45, 7) is 0. The van der Waals surface area contributed by atoms with E-state index in [2.05, 4.69) is 15.8 Å². The van der Waals surface area contributed by atoms with E-state index in [4.69, 9.17) is 16.0 Å². The maximum absolute atomic E-state index is 12.4. The largest absolute Gasteiger partial charge is 0.459 e. The molecule has 0 bridgehead atoms. The Hall–Kier alpha value is -3.38. The van der Waals surface area contributed by atoms with E-state index in [0.717, 1.165) is 5.56 Å². The molecule has 7 heteroatoms. The highest BCUT2D eigenvalue weighted by atomic mass is 35.5. The molecular formula is C19H14ClN3O3. The minimum absolute atomic E-state index is 0.154. The minimum atomic E-state index is -0.453. The Balaban J connectivity index is 1.69. The van der Waals surface area contributed by atoms with Crippen molar-refractivity contribution >= 4 is 35.3 Å². The number of amides is 2. The molecule has 6 nitrogen and oxygen atoms in total. The predicted octanol–water partition coefficient (Wildman–Crippen LogP) is 3.95. The van der Waals surface area contributed by atoms with Crippen LogP contribution >= 0.6 is 11.6 Å². The van der Waals surface area contributed by atoms with Gasteiger partial charge in [-0.3, -0.25) is 9.59 Å². The summed E-state index contributed by atoms with van der Waals surface area (Å²) in [6, 6.07) is 16.8. The molecule has 0 aliphatic rings. The quantitative estimate of drug-likeness (QED) is 0.529. The average Bonchev–Trinajstić information content (AvgIpc) is 3.18. The van der Waals surface area contributed by atoms with Gasteiger partial charge in [-0.25, -0.2) is 5.43 Å². The Kier molecular flexibility index (Phi) is 5.46. The average molecular weight is 368 g/mol. The lowest BCUT2D eigenvalue weighted by molar-refractivity contribution is 0.0956. The Morgan fingerprint density at radius 2 is 1.73 bits per heavy atom. The Labute approximate surface area is 154 Å². The van der Waals surface area contributed by atoms with Gasteiger partial charge >= 0.3 is 0 Å². The number of carbonyl (C=O) groups is 2. The number of hydrogen-bond donors (Lipinski definition) is 2. The highest BCUT2D eigenvalue weighted by Crippen LogP contribution is 2.16. The zero-order valence-corrected chi connectivity index (χ0v) is 14.2. The predicted molar refractivity (Wildman–Crippen MR) is 99.6 cm³/mol. The van der Waals surface area contributed by atoms with E-state index in [1.807, 2.05) is 0 Å². The van der Waals surface area contributed by atoms with Gasteiger partial charge in [-0.05, 0) is 42.0 Å². The van der Waals surface area contributed by atoms with Gasteiger partial charge in [-0.2, -0.15) is 5.10 Å². The van der Waals surface area contributed by atoms with E-state index >= 15 is 0 Å². The number of rotatable bonds is 5. The van der Waals surface area contributed by atoms with Gasteiger partial charge in [0.1, 0.15) is 0 Å². The van der Waals surface area contributed by atoms with Crippen molar-refractivity contribution in [2.45, 2.75) is 0 Å². The number of halogens is 1. The SMILES string of the molecule is O=C(Nc1ccccc1C(=O)N/N=C\c1ccc(Cl)cc1)c1ccco1. The summed E-state index contributed by atoms with van der Waals surface area (Å²) in [4.78, 5) is 24.5. The summed E-state index contributed by atoms with van der Waals surface area (Å²) < 4.78 is 5.04. The van der Waals surface area contributed by atoms with Crippen molar-refractivity contribution < 1.29 is 14.0 Å². The lowest BCUT2D eigenvalue weighted by Crippen LogP contribution is -2.21. The normalized spacial score (nSPS) is 10.7. The molecule has 0 fully saturated rings. The Bertz CT molecular complexity index is 935. The van der Waals surface area contributed by atoms with E-state index < -0.39 is 11.8 Å². The number of hydrazone groups is 1. The van der Waals surface area contributed by atoms with Crippen LogP contribution in [0.1, 0.15) is 26.5 Å². The van der Waals surface area contributed by atoms with Crippen molar-refractivity contribution in [3.63, 3.8) is 0 Å². The van der Waals surface area contributed by atoms with Crippen molar-refractivity contribution in [3.05, 3.63) is 88.8 Å². The number of benzene rings is 2. The summed E-state index contributed by atoms with van der Waals surface area (Å²) in [7, 11) is 0. The number of carbonyl (C=O) groups excluding carboxylic acids is 2. The molecule has 0 saturated heterocycles. The first kappa shape index (κ1) is 17.4. The molecule has 2 aromatic carbocycles. The van der Waals surface area contributed by atoms with E-state index in [1.54, 1.807) is 54.6 Å². The molecule has 1 heterocycles. The molecule has 130 valence electrons. The Morgan fingerprint density at radius 1 is 0.962 bits per heavy atom. The highest BCUT2D eigenvalue weighted by Gasteiger charge is 2.14. The summed E-state index contributed by atoms with van der Waals surface area (Å²) in [6.07, 6.45) is 2.90. The van der Waals surface area contributed by atoms with Crippen LogP contribution in [0.3, 0.4) is 0 Å². The Morgan fingerprint density at radius 3 is 2.46 bits per heavy atom. The van der Waals surface area contributed by atoms with Crippen LogP contribution in [-0.2, 0) is 0 Å². The molecule has 0 unspecified atom stereocenters. The van der Waals surface area contributed by atoms with Crippen LogP contribution in [0.2, 0.25) is 5.02 Å². The van der Waals surface area contributed by atoms with Crippen molar-refractivity contribution in [3.8, 4) is 0 Å². The van der Waals surface area contributed by atoms with Crippen LogP contribution in [0, 0.1) is 0 Å². The molecule has 0 atom stereocenters. The maximum Gasteiger partial charge on any atom is 0.291 e. The van der Waals surface area contributed by atoms with Gasteiger partial charge in [0, 0.05) is 5.02 Å². The molecular weight excluding hydrogens is 354 g/mol. The lowest BCUT2D eigenvalue weighted by atomic mass is 10.1. The smallest absolute Gasteiger partial charge is 0.291 e. The molecule has 3 rings (SSSR count). The third-order valence-electron chi connectivity index (χ3n) is 3.41. The fourth-order valence-electron chi connectivity index (χ4n) is 2.16. The second kappa shape index (κ2) is 8.13. The number of nitrogens with one attached hydrogen (secondary N) is 2. The monoisotopic (exact) mass is 367 g/mol. The fourth-order valence-corrected chi connectivity index (χ4v) is 2.28. The van der Waals surface area contributed by atoms with Crippen molar-refractivity contribution in [2.24, 2.45) is 5.10 Å². The van der Waals surface area contributed by atoms with E-state index in [-0.39, 0.29) is 11.3 Å². The number of furan rings is 1. The van der Waals surface area contributed by atoms with Crippen LogP contribution in [-0.4, -0.2) is 18.0 Å². The zero-order chi connectivity index (χ0) is 18.4. The second-order valence-electron chi connectivity index (χ2n) is 5.23. The van der Waals surface area contributed by atoms with Gasteiger partial charge < -0.3 is 9.73 Å². The maximum atomic E-state index is 12.4. The lowest BCUT2D eigenvalue weighted by Gasteiger charge is -2.08. The number of hydrogen-bond acceptors (Lipinski definition) is 4. The zero-order valence-electron chi connectivity index (χ0n) is 13.5. The topological polar surface area (TPSA) is 83.7 Å². The molecule has 0 aliphatic carbocycles. The molecule has 0 spiro atoms. The molecule has 2 N–H and O–H groups in total. The van der Waals surface area contributed by atoms with Crippen LogP contribution in [0.4, 0.5) is 5.69 Å². The molecule has 26 heavy (non-hydrogen) atoms. The molecule has 0 saturated carbocycles. The highest BCUT2D eigenvalue weighted by molar-refractivity contribution is 6.30. The first-order chi connectivity index (χ1) is 12.6. The first-order valence-corrected chi connectivity index (χ1v) is 8.04.